The average molecular weight is 248 g/mol. The van der Waals surface area contributed by atoms with Crippen LogP contribution in [0.1, 0.15) is 20.3 Å². The first-order valence-electron chi connectivity index (χ1n) is 6.95. The van der Waals surface area contributed by atoms with E-state index in [0.717, 1.165) is 32.0 Å². The minimum Gasteiger partial charge on any atom is -0.492 e. The Balaban J connectivity index is 1.75. The summed E-state index contributed by atoms with van der Waals surface area (Å²) in [5.74, 6) is 0.965. The van der Waals surface area contributed by atoms with Crippen LogP contribution < -0.4 is 10.1 Å². The molecule has 0 spiro atoms. The van der Waals surface area contributed by atoms with Gasteiger partial charge in [-0.25, -0.2) is 0 Å². The summed E-state index contributed by atoms with van der Waals surface area (Å²) < 4.78 is 5.76. The van der Waals surface area contributed by atoms with E-state index in [1.165, 1.54) is 6.42 Å². The fourth-order valence-corrected chi connectivity index (χ4v) is 2.38. The van der Waals surface area contributed by atoms with E-state index < -0.39 is 0 Å². The van der Waals surface area contributed by atoms with Gasteiger partial charge in [0.1, 0.15) is 12.4 Å². The van der Waals surface area contributed by atoms with Gasteiger partial charge < -0.3 is 10.1 Å². The van der Waals surface area contributed by atoms with Crippen molar-refractivity contribution < 1.29 is 4.74 Å². The van der Waals surface area contributed by atoms with Gasteiger partial charge in [0.15, 0.2) is 0 Å². The lowest BCUT2D eigenvalue weighted by atomic mass is 10.1. The molecule has 1 N–H and O–H groups in total. The van der Waals surface area contributed by atoms with Gasteiger partial charge in [0, 0.05) is 31.7 Å². The molecule has 0 amide bonds. The lowest BCUT2D eigenvalue weighted by Crippen LogP contribution is -2.55. The largest absolute Gasteiger partial charge is 0.492 e. The second-order valence-electron chi connectivity index (χ2n) is 5.02. The van der Waals surface area contributed by atoms with E-state index in [0.29, 0.717) is 12.1 Å². The maximum atomic E-state index is 5.76. The molecule has 1 fully saturated rings. The maximum Gasteiger partial charge on any atom is 0.119 e. The quantitative estimate of drug-likeness (QED) is 0.864. The zero-order valence-electron chi connectivity index (χ0n) is 11.4. The highest BCUT2D eigenvalue weighted by molar-refractivity contribution is 5.20. The number of para-hydroxylation sites is 1. The van der Waals surface area contributed by atoms with Crippen LogP contribution in [0.15, 0.2) is 30.3 Å². The summed E-state index contributed by atoms with van der Waals surface area (Å²) in [6.45, 7) is 8.52. The molecule has 0 radical (unpaired) electrons. The molecule has 1 aliphatic rings. The van der Waals surface area contributed by atoms with Crippen molar-refractivity contribution in [2.24, 2.45) is 0 Å². The van der Waals surface area contributed by atoms with Crippen LogP contribution in [0.3, 0.4) is 0 Å². The Bertz CT molecular complexity index is 342. The van der Waals surface area contributed by atoms with Crippen molar-refractivity contribution >= 4 is 0 Å². The summed E-state index contributed by atoms with van der Waals surface area (Å²) in [5, 5.41) is 3.57. The molecular formula is C15H24N2O. The third-order valence-electron chi connectivity index (χ3n) is 3.66. The Hall–Kier alpha value is -1.06. The van der Waals surface area contributed by atoms with Gasteiger partial charge in [-0.05, 0) is 25.5 Å². The summed E-state index contributed by atoms with van der Waals surface area (Å²) >= 11 is 0. The van der Waals surface area contributed by atoms with Crippen molar-refractivity contribution in [2.45, 2.75) is 32.4 Å². The van der Waals surface area contributed by atoms with E-state index in [9.17, 15) is 0 Å². The second kappa shape index (κ2) is 6.76. The second-order valence-corrected chi connectivity index (χ2v) is 5.02. The highest BCUT2D eigenvalue weighted by Gasteiger charge is 2.23. The monoisotopic (exact) mass is 248 g/mol. The molecule has 2 unspecified atom stereocenters. The first-order chi connectivity index (χ1) is 8.79. The first kappa shape index (κ1) is 13.4. The summed E-state index contributed by atoms with van der Waals surface area (Å²) in [7, 11) is 0. The van der Waals surface area contributed by atoms with E-state index >= 15 is 0 Å². The Morgan fingerprint density at radius 1 is 1.33 bits per heavy atom. The standard InChI is InChI=1S/C15H24N2O/c1-3-14-12-17(13(2)11-16-14)9-10-18-15-7-5-4-6-8-15/h4-8,13-14,16H,3,9-12H2,1-2H3. The molecule has 1 saturated heterocycles. The van der Waals surface area contributed by atoms with Gasteiger partial charge in [0.25, 0.3) is 0 Å². The number of hydrogen-bond acceptors (Lipinski definition) is 3. The van der Waals surface area contributed by atoms with Gasteiger partial charge in [-0.15, -0.1) is 0 Å². The molecule has 0 bridgehead atoms. The van der Waals surface area contributed by atoms with Crippen LogP contribution in [-0.4, -0.2) is 43.2 Å². The van der Waals surface area contributed by atoms with Crippen LogP contribution in [0, 0.1) is 0 Å². The Labute approximate surface area is 110 Å². The SMILES string of the molecule is CCC1CN(CCOc2ccccc2)C(C)CN1. The third kappa shape index (κ3) is 3.72. The van der Waals surface area contributed by atoms with Crippen molar-refractivity contribution in [2.75, 3.05) is 26.2 Å². The summed E-state index contributed by atoms with van der Waals surface area (Å²) in [6, 6.07) is 11.3. The highest BCUT2D eigenvalue weighted by atomic mass is 16.5. The van der Waals surface area contributed by atoms with Crippen LogP contribution in [0.4, 0.5) is 0 Å². The number of piperazine rings is 1. The van der Waals surface area contributed by atoms with Crippen LogP contribution in [0.2, 0.25) is 0 Å². The topological polar surface area (TPSA) is 24.5 Å². The number of nitrogens with one attached hydrogen (secondary N) is 1. The number of nitrogens with zero attached hydrogens (tertiary/aromatic N) is 1. The number of rotatable bonds is 5. The summed E-state index contributed by atoms with van der Waals surface area (Å²) in [6.07, 6.45) is 1.20. The smallest absolute Gasteiger partial charge is 0.119 e. The van der Waals surface area contributed by atoms with Gasteiger partial charge in [-0.2, -0.15) is 0 Å². The molecule has 1 aromatic carbocycles. The van der Waals surface area contributed by atoms with Crippen molar-refractivity contribution in [3.8, 4) is 5.75 Å². The van der Waals surface area contributed by atoms with Crippen LogP contribution >= 0.6 is 0 Å². The maximum absolute atomic E-state index is 5.76. The minimum absolute atomic E-state index is 0.604. The minimum atomic E-state index is 0.604. The van der Waals surface area contributed by atoms with Crippen molar-refractivity contribution in [1.29, 1.82) is 0 Å². The van der Waals surface area contributed by atoms with Crippen molar-refractivity contribution in [3.05, 3.63) is 30.3 Å². The van der Waals surface area contributed by atoms with Crippen LogP contribution in [0.5, 0.6) is 5.75 Å². The molecule has 1 aliphatic heterocycles. The molecule has 3 nitrogen and oxygen atoms in total. The van der Waals surface area contributed by atoms with E-state index in [1.807, 2.05) is 30.3 Å². The molecule has 100 valence electrons. The zero-order valence-corrected chi connectivity index (χ0v) is 11.4. The molecule has 0 aliphatic carbocycles. The molecular weight excluding hydrogens is 224 g/mol. The van der Waals surface area contributed by atoms with Crippen LogP contribution in [-0.2, 0) is 0 Å². The van der Waals surface area contributed by atoms with Gasteiger partial charge >= 0.3 is 0 Å². The normalized spacial score (nSPS) is 25.0. The van der Waals surface area contributed by atoms with Crippen molar-refractivity contribution in [3.63, 3.8) is 0 Å². The first-order valence-corrected chi connectivity index (χ1v) is 6.95. The fourth-order valence-electron chi connectivity index (χ4n) is 2.38. The van der Waals surface area contributed by atoms with Gasteiger partial charge in [0.2, 0.25) is 0 Å². The Morgan fingerprint density at radius 3 is 2.83 bits per heavy atom. The Kier molecular flexibility index (Phi) is 5.02. The van der Waals surface area contributed by atoms with Gasteiger partial charge in [-0.1, -0.05) is 25.1 Å². The molecule has 2 atom stereocenters. The van der Waals surface area contributed by atoms with E-state index in [2.05, 4.69) is 24.1 Å². The highest BCUT2D eigenvalue weighted by Crippen LogP contribution is 2.11. The van der Waals surface area contributed by atoms with E-state index in [-0.39, 0.29) is 0 Å². The average Bonchev–Trinajstić information content (AvgIpc) is 2.42. The predicted octanol–water partition coefficient (Wildman–Crippen LogP) is 2.14. The number of benzene rings is 1. The third-order valence-corrected chi connectivity index (χ3v) is 3.66. The fraction of sp³-hybridized carbons (Fsp3) is 0.600. The molecule has 1 heterocycles. The predicted molar refractivity (Wildman–Crippen MR) is 75.1 cm³/mol. The zero-order chi connectivity index (χ0) is 12.8. The van der Waals surface area contributed by atoms with Gasteiger partial charge in [-0.3, -0.25) is 4.90 Å². The molecule has 1 aromatic rings. The summed E-state index contributed by atoms with van der Waals surface area (Å²) in [4.78, 5) is 2.52. The number of ether oxygens (including phenoxy) is 1. The molecule has 18 heavy (non-hydrogen) atoms. The molecule has 0 aromatic heterocycles. The van der Waals surface area contributed by atoms with Gasteiger partial charge in [0.05, 0.1) is 0 Å². The van der Waals surface area contributed by atoms with Crippen molar-refractivity contribution in [1.82, 2.24) is 10.2 Å². The van der Waals surface area contributed by atoms with Crippen LogP contribution in [0.25, 0.3) is 0 Å². The van der Waals surface area contributed by atoms with E-state index in [1.54, 1.807) is 0 Å². The van der Waals surface area contributed by atoms with E-state index in [4.69, 9.17) is 4.74 Å². The molecule has 3 heteroatoms. The molecule has 2 rings (SSSR count). The lowest BCUT2D eigenvalue weighted by molar-refractivity contribution is 0.117. The summed E-state index contributed by atoms with van der Waals surface area (Å²) in [5.41, 5.74) is 0. The lowest BCUT2D eigenvalue weighted by Gasteiger charge is -2.38. The Morgan fingerprint density at radius 2 is 2.11 bits per heavy atom. The molecule has 0 saturated carbocycles. The number of hydrogen-bond donors (Lipinski definition) is 1.